The number of aliphatic hydroxyl groups is 1. The highest BCUT2D eigenvalue weighted by atomic mass is 79.9. The molecule has 0 bridgehead atoms. The Bertz CT molecular complexity index is 643. The van der Waals surface area contributed by atoms with Gasteiger partial charge >= 0.3 is 0 Å². The highest BCUT2D eigenvalue weighted by molar-refractivity contribution is 9.10. The van der Waals surface area contributed by atoms with E-state index in [9.17, 15) is 15.2 Å². The van der Waals surface area contributed by atoms with Crippen molar-refractivity contribution >= 4 is 21.6 Å². The first-order valence-electron chi connectivity index (χ1n) is 6.15. The average Bonchev–Trinajstić information content (AvgIpc) is 2.41. The molecular weight excluding hydrogens is 322 g/mol. The highest BCUT2D eigenvalue weighted by Crippen LogP contribution is 2.28. The van der Waals surface area contributed by atoms with Crippen LogP contribution < -0.4 is 0 Å². The molecule has 0 aliphatic rings. The predicted molar refractivity (Wildman–Crippen MR) is 80.6 cm³/mol. The summed E-state index contributed by atoms with van der Waals surface area (Å²) in [5.41, 5.74) is 2.31. The molecule has 0 saturated carbocycles. The largest absolute Gasteiger partial charge is 0.388 e. The highest BCUT2D eigenvalue weighted by Gasteiger charge is 2.18. The number of para-hydroxylation sites is 1. The average molecular weight is 336 g/mol. The van der Waals surface area contributed by atoms with E-state index in [0.717, 1.165) is 15.6 Å². The fourth-order valence-corrected chi connectivity index (χ4v) is 2.53. The molecule has 1 unspecified atom stereocenters. The van der Waals surface area contributed by atoms with Crippen molar-refractivity contribution in [1.82, 2.24) is 0 Å². The first-order chi connectivity index (χ1) is 9.49. The Kier molecular flexibility index (Phi) is 4.52. The SMILES string of the molecule is Cc1ccc(Br)cc1C(O)Cc1ccccc1[N+](=O)[O-]. The second kappa shape index (κ2) is 6.15. The molecule has 0 aliphatic heterocycles. The first-order valence-corrected chi connectivity index (χ1v) is 6.94. The Morgan fingerprint density at radius 1 is 1.30 bits per heavy atom. The van der Waals surface area contributed by atoms with Gasteiger partial charge in [0.25, 0.3) is 5.69 Å². The summed E-state index contributed by atoms with van der Waals surface area (Å²) in [5, 5.41) is 21.3. The molecule has 0 amide bonds. The second-order valence-corrected chi connectivity index (χ2v) is 5.52. The van der Waals surface area contributed by atoms with Crippen LogP contribution in [0.5, 0.6) is 0 Å². The number of aryl methyl sites for hydroxylation is 1. The van der Waals surface area contributed by atoms with Crippen molar-refractivity contribution in [2.75, 3.05) is 0 Å². The Hall–Kier alpha value is -1.72. The molecule has 2 rings (SSSR count). The summed E-state index contributed by atoms with van der Waals surface area (Å²) in [6, 6.07) is 12.1. The molecule has 2 aromatic rings. The zero-order valence-electron chi connectivity index (χ0n) is 10.9. The number of hydrogen-bond donors (Lipinski definition) is 1. The third-order valence-corrected chi connectivity index (χ3v) is 3.70. The minimum absolute atomic E-state index is 0.0409. The predicted octanol–water partition coefficient (Wildman–Crippen LogP) is 3.94. The van der Waals surface area contributed by atoms with E-state index in [0.29, 0.717) is 5.56 Å². The summed E-state index contributed by atoms with van der Waals surface area (Å²) in [4.78, 5) is 10.6. The van der Waals surface area contributed by atoms with Crippen LogP contribution in [0.4, 0.5) is 5.69 Å². The molecule has 104 valence electrons. The molecule has 4 nitrogen and oxygen atoms in total. The maximum Gasteiger partial charge on any atom is 0.272 e. The van der Waals surface area contributed by atoms with Crippen LogP contribution in [0.15, 0.2) is 46.9 Å². The molecule has 0 heterocycles. The van der Waals surface area contributed by atoms with E-state index >= 15 is 0 Å². The summed E-state index contributed by atoms with van der Waals surface area (Å²) in [6.45, 7) is 1.91. The van der Waals surface area contributed by atoms with E-state index in [1.807, 2.05) is 25.1 Å². The third kappa shape index (κ3) is 3.23. The first kappa shape index (κ1) is 14.7. The van der Waals surface area contributed by atoms with Gasteiger partial charge < -0.3 is 5.11 Å². The van der Waals surface area contributed by atoms with E-state index in [1.54, 1.807) is 18.2 Å². The summed E-state index contributed by atoms with van der Waals surface area (Å²) in [5.74, 6) is 0. The van der Waals surface area contributed by atoms with Gasteiger partial charge in [-0.15, -0.1) is 0 Å². The van der Waals surface area contributed by atoms with Crippen LogP contribution in [0.1, 0.15) is 22.8 Å². The summed E-state index contributed by atoms with van der Waals surface area (Å²) >= 11 is 3.37. The maximum absolute atomic E-state index is 11.0. The van der Waals surface area contributed by atoms with E-state index < -0.39 is 11.0 Å². The van der Waals surface area contributed by atoms with Crippen molar-refractivity contribution in [3.63, 3.8) is 0 Å². The lowest BCUT2D eigenvalue weighted by Gasteiger charge is -2.14. The zero-order chi connectivity index (χ0) is 14.7. The van der Waals surface area contributed by atoms with Crippen LogP contribution in [0.3, 0.4) is 0 Å². The van der Waals surface area contributed by atoms with Crippen LogP contribution in [-0.2, 0) is 6.42 Å². The number of nitrogens with zero attached hydrogens (tertiary/aromatic N) is 1. The van der Waals surface area contributed by atoms with Crippen molar-refractivity contribution in [1.29, 1.82) is 0 Å². The smallest absolute Gasteiger partial charge is 0.272 e. The van der Waals surface area contributed by atoms with Crippen molar-refractivity contribution in [3.8, 4) is 0 Å². The molecule has 20 heavy (non-hydrogen) atoms. The van der Waals surface area contributed by atoms with Gasteiger partial charge in [-0.3, -0.25) is 10.1 Å². The van der Waals surface area contributed by atoms with E-state index in [1.165, 1.54) is 6.07 Å². The molecule has 0 spiro atoms. The van der Waals surface area contributed by atoms with Gasteiger partial charge in [-0.05, 0) is 30.2 Å². The number of hydrogen-bond acceptors (Lipinski definition) is 3. The summed E-state index contributed by atoms with van der Waals surface area (Å²) in [6.07, 6.45) is -0.553. The maximum atomic E-state index is 11.0. The molecule has 0 aromatic heterocycles. The molecule has 2 aromatic carbocycles. The number of nitro benzene ring substituents is 1. The van der Waals surface area contributed by atoms with Crippen LogP contribution in [-0.4, -0.2) is 10.0 Å². The Balaban J connectivity index is 2.30. The lowest BCUT2D eigenvalue weighted by molar-refractivity contribution is -0.385. The Morgan fingerprint density at radius 3 is 2.70 bits per heavy atom. The molecule has 1 atom stereocenters. The quantitative estimate of drug-likeness (QED) is 0.679. The molecule has 0 saturated heterocycles. The number of benzene rings is 2. The molecule has 0 radical (unpaired) electrons. The number of nitro groups is 1. The van der Waals surface area contributed by atoms with E-state index in [-0.39, 0.29) is 12.1 Å². The van der Waals surface area contributed by atoms with E-state index in [4.69, 9.17) is 0 Å². The summed E-state index contributed by atoms with van der Waals surface area (Å²) in [7, 11) is 0. The molecule has 1 N–H and O–H groups in total. The van der Waals surface area contributed by atoms with Crippen LogP contribution in [0.2, 0.25) is 0 Å². The van der Waals surface area contributed by atoms with Gasteiger partial charge in [-0.25, -0.2) is 0 Å². The van der Waals surface area contributed by atoms with Gasteiger partial charge in [0.2, 0.25) is 0 Å². The topological polar surface area (TPSA) is 63.4 Å². The van der Waals surface area contributed by atoms with Gasteiger partial charge in [0, 0.05) is 22.5 Å². The van der Waals surface area contributed by atoms with Gasteiger partial charge in [-0.2, -0.15) is 0 Å². The normalized spacial score (nSPS) is 12.2. The van der Waals surface area contributed by atoms with Gasteiger partial charge in [0.1, 0.15) is 0 Å². The standard InChI is InChI=1S/C15H14BrNO3/c1-10-6-7-12(16)9-13(10)15(18)8-11-4-2-3-5-14(11)17(19)20/h2-7,9,15,18H,8H2,1H3. The van der Waals surface area contributed by atoms with Gasteiger partial charge in [0.05, 0.1) is 11.0 Å². The van der Waals surface area contributed by atoms with Gasteiger partial charge in [0.15, 0.2) is 0 Å². The van der Waals surface area contributed by atoms with Crippen molar-refractivity contribution in [2.45, 2.75) is 19.4 Å². The molecule has 0 aliphatic carbocycles. The van der Waals surface area contributed by atoms with Crippen LogP contribution >= 0.6 is 15.9 Å². The molecule has 5 heteroatoms. The molecule has 0 fully saturated rings. The number of rotatable bonds is 4. The second-order valence-electron chi connectivity index (χ2n) is 4.61. The monoisotopic (exact) mass is 335 g/mol. The number of aliphatic hydroxyl groups excluding tert-OH is 1. The van der Waals surface area contributed by atoms with Crippen LogP contribution in [0.25, 0.3) is 0 Å². The van der Waals surface area contributed by atoms with Gasteiger partial charge in [-0.1, -0.05) is 40.2 Å². The fourth-order valence-electron chi connectivity index (χ4n) is 2.15. The third-order valence-electron chi connectivity index (χ3n) is 3.20. The van der Waals surface area contributed by atoms with Crippen LogP contribution in [0, 0.1) is 17.0 Å². The lowest BCUT2D eigenvalue weighted by Crippen LogP contribution is -2.06. The Labute approximate surface area is 125 Å². The van der Waals surface area contributed by atoms with Crippen molar-refractivity contribution < 1.29 is 10.0 Å². The minimum Gasteiger partial charge on any atom is -0.388 e. The summed E-state index contributed by atoms with van der Waals surface area (Å²) < 4.78 is 0.875. The lowest BCUT2D eigenvalue weighted by atomic mass is 9.97. The molecular formula is C15H14BrNO3. The Morgan fingerprint density at radius 2 is 2.00 bits per heavy atom. The van der Waals surface area contributed by atoms with Crippen molar-refractivity contribution in [2.24, 2.45) is 0 Å². The van der Waals surface area contributed by atoms with Crippen molar-refractivity contribution in [3.05, 3.63) is 73.7 Å². The zero-order valence-corrected chi connectivity index (χ0v) is 12.5. The minimum atomic E-state index is -0.770. The fraction of sp³-hybridized carbons (Fsp3) is 0.200. The van der Waals surface area contributed by atoms with E-state index in [2.05, 4.69) is 15.9 Å². The number of halogens is 1.